The highest BCUT2D eigenvalue weighted by atomic mass is 35.5. The number of ether oxygens (including phenoxy) is 1. The number of methoxy groups -OCH3 is 1. The van der Waals surface area contributed by atoms with Crippen LogP contribution >= 0.6 is 23.2 Å². The summed E-state index contributed by atoms with van der Waals surface area (Å²) in [5.74, 6) is 0.577. The molecule has 0 saturated carbocycles. The summed E-state index contributed by atoms with van der Waals surface area (Å²) in [5.41, 5.74) is 1.37. The van der Waals surface area contributed by atoms with Crippen molar-refractivity contribution in [1.29, 1.82) is 0 Å². The normalized spacial score (nSPS) is 10.3. The van der Waals surface area contributed by atoms with Gasteiger partial charge >= 0.3 is 0 Å². The van der Waals surface area contributed by atoms with E-state index in [2.05, 4.69) is 4.98 Å². The number of benzene rings is 1. The van der Waals surface area contributed by atoms with Crippen LogP contribution in [0.25, 0.3) is 0 Å². The van der Waals surface area contributed by atoms with Gasteiger partial charge in [-0.3, -0.25) is 4.79 Å². The Labute approximate surface area is 133 Å². The van der Waals surface area contributed by atoms with Crippen molar-refractivity contribution < 1.29 is 9.53 Å². The molecule has 1 aromatic heterocycles. The molecule has 0 aliphatic rings. The van der Waals surface area contributed by atoms with Crippen LogP contribution in [0.3, 0.4) is 0 Å². The Morgan fingerprint density at radius 2 is 2.10 bits per heavy atom. The van der Waals surface area contributed by atoms with Gasteiger partial charge in [0.15, 0.2) is 0 Å². The lowest BCUT2D eigenvalue weighted by Crippen LogP contribution is -2.26. The van der Waals surface area contributed by atoms with Crippen molar-refractivity contribution >= 4 is 29.1 Å². The maximum atomic E-state index is 12.3. The van der Waals surface area contributed by atoms with Crippen LogP contribution < -0.4 is 4.74 Å². The predicted molar refractivity (Wildman–Crippen MR) is 83.0 cm³/mol. The van der Waals surface area contributed by atoms with E-state index in [0.29, 0.717) is 12.1 Å². The molecule has 4 nitrogen and oxygen atoms in total. The molecule has 1 aromatic carbocycles. The molecule has 1 heterocycles. The highest BCUT2D eigenvalue weighted by Crippen LogP contribution is 2.21. The van der Waals surface area contributed by atoms with Crippen LogP contribution in [0.5, 0.6) is 5.75 Å². The average molecular weight is 325 g/mol. The molecule has 0 aliphatic carbocycles. The van der Waals surface area contributed by atoms with Crippen molar-refractivity contribution in [3.8, 4) is 5.75 Å². The van der Waals surface area contributed by atoms with Gasteiger partial charge in [0.25, 0.3) is 5.91 Å². The lowest BCUT2D eigenvalue weighted by atomic mass is 10.2. The number of carbonyl (C=O) groups excluding carboxylic acids is 1. The average Bonchev–Trinajstić information content (AvgIpc) is 2.49. The van der Waals surface area contributed by atoms with E-state index in [1.165, 1.54) is 12.3 Å². The number of carbonyl (C=O) groups is 1. The Bertz CT molecular complexity index is 662. The summed E-state index contributed by atoms with van der Waals surface area (Å²) in [4.78, 5) is 17.8. The molecule has 0 N–H and O–H groups in total. The molecular formula is C15H14Cl2N2O2. The van der Waals surface area contributed by atoms with E-state index in [0.717, 1.165) is 11.3 Å². The van der Waals surface area contributed by atoms with Gasteiger partial charge in [0.2, 0.25) is 0 Å². The third kappa shape index (κ3) is 3.86. The van der Waals surface area contributed by atoms with E-state index in [1.54, 1.807) is 19.1 Å². The van der Waals surface area contributed by atoms with Crippen molar-refractivity contribution in [1.82, 2.24) is 9.88 Å². The summed E-state index contributed by atoms with van der Waals surface area (Å²) in [7, 11) is 3.32. The molecule has 2 rings (SSSR count). The number of nitrogens with zero attached hydrogens (tertiary/aromatic N) is 2. The second-order valence-corrected chi connectivity index (χ2v) is 5.27. The molecular weight excluding hydrogens is 311 g/mol. The third-order valence-corrected chi connectivity index (χ3v) is 3.63. The first-order valence-electron chi connectivity index (χ1n) is 6.20. The summed E-state index contributed by atoms with van der Waals surface area (Å²) in [6.45, 7) is 0.455. The van der Waals surface area contributed by atoms with Crippen LogP contribution in [0.1, 0.15) is 15.9 Å². The van der Waals surface area contributed by atoms with Crippen molar-refractivity contribution in [2.45, 2.75) is 6.54 Å². The lowest BCUT2D eigenvalue weighted by molar-refractivity contribution is 0.0784. The van der Waals surface area contributed by atoms with E-state index in [9.17, 15) is 4.79 Å². The fourth-order valence-corrected chi connectivity index (χ4v) is 2.14. The molecule has 2 aromatic rings. The lowest BCUT2D eigenvalue weighted by Gasteiger charge is -2.17. The fraction of sp³-hybridized carbons (Fsp3) is 0.200. The van der Waals surface area contributed by atoms with Gasteiger partial charge in [-0.05, 0) is 23.8 Å². The largest absolute Gasteiger partial charge is 0.497 e. The minimum atomic E-state index is -0.177. The molecule has 6 heteroatoms. The number of pyridine rings is 1. The van der Waals surface area contributed by atoms with Crippen molar-refractivity contribution in [3.05, 3.63) is 57.8 Å². The smallest absolute Gasteiger partial charge is 0.255 e. The molecule has 0 spiro atoms. The van der Waals surface area contributed by atoms with Crippen molar-refractivity contribution in [2.75, 3.05) is 14.2 Å². The molecule has 1 amide bonds. The molecule has 0 unspecified atom stereocenters. The molecule has 0 bridgehead atoms. The van der Waals surface area contributed by atoms with E-state index in [-0.39, 0.29) is 16.1 Å². The third-order valence-electron chi connectivity index (χ3n) is 2.94. The maximum absolute atomic E-state index is 12.3. The number of halogens is 2. The standard InChI is InChI=1S/C15H14Cl2N2O2/c1-19(9-10-4-3-5-12(6-10)21-2)15(20)11-7-13(16)14(17)18-8-11/h3-8H,9H2,1-2H3. The molecule has 0 radical (unpaired) electrons. The SMILES string of the molecule is COc1cccc(CN(C)C(=O)c2cnc(Cl)c(Cl)c2)c1. The van der Waals surface area contributed by atoms with Crippen molar-refractivity contribution in [2.24, 2.45) is 0 Å². The Hall–Kier alpha value is -1.78. The zero-order valence-corrected chi connectivity index (χ0v) is 13.1. The summed E-state index contributed by atoms with van der Waals surface area (Å²) in [5, 5.41) is 0.445. The highest BCUT2D eigenvalue weighted by molar-refractivity contribution is 6.41. The van der Waals surface area contributed by atoms with Crippen LogP contribution in [0.15, 0.2) is 36.5 Å². The van der Waals surface area contributed by atoms with E-state index in [4.69, 9.17) is 27.9 Å². The first-order chi connectivity index (χ1) is 10.0. The number of hydrogen-bond acceptors (Lipinski definition) is 3. The fourth-order valence-electron chi connectivity index (χ4n) is 1.88. The quantitative estimate of drug-likeness (QED) is 0.806. The molecule has 0 atom stereocenters. The number of hydrogen-bond donors (Lipinski definition) is 0. The van der Waals surface area contributed by atoms with Gasteiger partial charge in [-0.1, -0.05) is 35.3 Å². The summed E-state index contributed by atoms with van der Waals surface area (Å²) in [6.07, 6.45) is 1.42. The van der Waals surface area contributed by atoms with Crippen LogP contribution in [-0.4, -0.2) is 29.9 Å². The number of aromatic nitrogens is 1. The Morgan fingerprint density at radius 3 is 2.76 bits per heavy atom. The minimum absolute atomic E-state index is 0.177. The summed E-state index contributed by atoms with van der Waals surface area (Å²) in [6, 6.07) is 9.07. The van der Waals surface area contributed by atoms with E-state index in [1.807, 2.05) is 24.3 Å². The van der Waals surface area contributed by atoms with Crippen LogP contribution in [-0.2, 0) is 6.54 Å². The summed E-state index contributed by atoms with van der Waals surface area (Å²) >= 11 is 11.6. The van der Waals surface area contributed by atoms with Gasteiger partial charge in [0.05, 0.1) is 17.7 Å². The monoisotopic (exact) mass is 324 g/mol. The van der Waals surface area contributed by atoms with Gasteiger partial charge in [-0.25, -0.2) is 4.98 Å². The van der Waals surface area contributed by atoms with Crippen LogP contribution in [0.4, 0.5) is 0 Å². The second kappa shape index (κ2) is 6.78. The molecule has 0 fully saturated rings. The summed E-state index contributed by atoms with van der Waals surface area (Å²) < 4.78 is 5.16. The Morgan fingerprint density at radius 1 is 1.33 bits per heavy atom. The highest BCUT2D eigenvalue weighted by Gasteiger charge is 2.14. The Kier molecular flexibility index (Phi) is 5.04. The first kappa shape index (κ1) is 15.6. The number of amides is 1. The van der Waals surface area contributed by atoms with E-state index < -0.39 is 0 Å². The molecule has 0 saturated heterocycles. The van der Waals surface area contributed by atoms with Crippen LogP contribution in [0.2, 0.25) is 10.2 Å². The van der Waals surface area contributed by atoms with Gasteiger partial charge < -0.3 is 9.64 Å². The second-order valence-electron chi connectivity index (χ2n) is 4.51. The number of rotatable bonds is 4. The topological polar surface area (TPSA) is 42.4 Å². The zero-order valence-electron chi connectivity index (χ0n) is 11.6. The predicted octanol–water partition coefficient (Wildman–Crippen LogP) is 3.67. The molecule has 21 heavy (non-hydrogen) atoms. The zero-order chi connectivity index (χ0) is 15.4. The van der Waals surface area contributed by atoms with Gasteiger partial charge in [-0.2, -0.15) is 0 Å². The first-order valence-corrected chi connectivity index (χ1v) is 6.96. The van der Waals surface area contributed by atoms with Gasteiger partial charge in [0, 0.05) is 19.8 Å². The van der Waals surface area contributed by atoms with Crippen LogP contribution in [0, 0.1) is 0 Å². The minimum Gasteiger partial charge on any atom is -0.497 e. The van der Waals surface area contributed by atoms with Gasteiger partial charge in [-0.15, -0.1) is 0 Å². The maximum Gasteiger partial charge on any atom is 0.255 e. The molecule has 0 aliphatic heterocycles. The van der Waals surface area contributed by atoms with Crippen molar-refractivity contribution in [3.63, 3.8) is 0 Å². The van der Waals surface area contributed by atoms with Gasteiger partial charge in [0.1, 0.15) is 10.9 Å². The molecule has 110 valence electrons. The Balaban J connectivity index is 2.13. The van der Waals surface area contributed by atoms with E-state index >= 15 is 0 Å².